The van der Waals surface area contributed by atoms with E-state index in [0.29, 0.717) is 12.3 Å². The van der Waals surface area contributed by atoms with Gasteiger partial charge in [-0.2, -0.15) is 11.8 Å². The molecule has 0 aromatic carbocycles. The molecule has 0 spiro atoms. The summed E-state index contributed by atoms with van der Waals surface area (Å²) in [4.78, 5) is 12.5. The molecule has 5 nitrogen and oxygen atoms in total. The van der Waals surface area contributed by atoms with Gasteiger partial charge in [-0.25, -0.2) is 0 Å². The maximum Gasteiger partial charge on any atom is 0.220 e. The van der Waals surface area contributed by atoms with Gasteiger partial charge in [-0.1, -0.05) is 25.3 Å². The summed E-state index contributed by atoms with van der Waals surface area (Å²) in [5.74, 6) is 2.52. The number of nitrogens with zero attached hydrogens (tertiary/aromatic N) is 3. The van der Waals surface area contributed by atoms with Crippen LogP contribution in [0, 0.1) is 5.92 Å². The number of thioether (sulfide) groups is 1. The Hall–Kier alpha value is -1.56. The number of amides is 1. The van der Waals surface area contributed by atoms with Gasteiger partial charge in [-0.15, -0.1) is 10.2 Å². The highest BCUT2D eigenvalue weighted by atomic mass is 32.2. The molecule has 1 N–H and O–H groups in total. The van der Waals surface area contributed by atoms with E-state index in [1.54, 1.807) is 11.8 Å². The van der Waals surface area contributed by atoms with E-state index < -0.39 is 0 Å². The molecule has 2 heterocycles. The van der Waals surface area contributed by atoms with Crippen LogP contribution in [-0.2, 0) is 4.79 Å². The molecule has 2 aromatic heterocycles. The Morgan fingerprint density at radius 3 is 2.96 bits per heavy atom. The molecule has 2 aromatic rings. The van der Waals surface area contributed by atoms with Crippen molar-refractivity contribution in [3.8, 4) is 0 Å². The molecule has 1 aliphatic carbocycles. The largest absolute Gasteiger partial charge is 0.346 e. The molecule has 0 aliphatic heterocycles. The fourth-order valence-corrected chi connectivity index (χ4v) is 3.98. The summed E-state index contributed by atoms with van der Waals surface area (Å²) >= 11 is 1.79. The van der Waals surface area contributed by atoms with Crippen LogP contribution in [0.3, 0.4) is 0 Å². The average molecular weight is 346 g/mol. The van der Waals surface area contributed by atoms with Crippen molar-refractivity contribution >= 4 is 23.3 Å². The minimum Gasteiger partial charge on any atom is -0.346 e. The molecule has 1 atom stereocenters. The van der Waals surface area contributed by atoms with Crippen LogP contribution in [0.25, 0.3) is 5.65 Å². The van der Waals surface area contributed by atoms with E-state index in [1.807, 2.05) is 28.8 Å². The van der Waals surface area contributed by atoms with Crippen LogP contribution in [0.2, 0.25) is 0 Å². The summed E-state index contributed by atoms with van der Waals surface area (Å²) in [5.41, 5.74) is 0.822. The van der Waals surface area contributed by atoms with E-state index in [2.05, 4.69) is 21.8 Å². The highest BCUT2D eigenvalue weighted by Gasteiger charge is 2.22. The number of carbonyl (C=O) groups is 1. The third kappa shape index (κ3) is 4.29. The number of carbonyl (C=O) groups excluding carboxylic acids is 1. The van der Waals surface area contributed by atoms with Crippen molar-refractivity contribution in [1.29, 1.82) is 0 Å². The molecule has 1 aliphatic rings. The second-order valence-electron chi connectivity index (χ2n) is 6.60. The van der Waals surface area contributed by atoms with Gasteiger partial charge in [0.2, 0.25) is 5.91 Å². The van der Waals surface area contributed by atoms with E-state index in [4.69, 9.17) is 0 Å². The van der Waals surface area contributed by atoms with Crippen LogP contribution in [0.15, 0.2) is 24.4 Å². The smallest absolute Gasteiger partial charge is 0.220 e. The number of hydrogen-bond donors (Lipinski definition) is 1. The number of fused-ring (bicyclic) bond motifs is 1. The molecule has 0 bridgehead atoms. The van der Waals surface area contributed by atoms with Crippen LogP contribution in [-0.4, -0.2) is 32.5 Å². The summed E-state index contributed by atoms with van der Waals surface area (Å²) in [5, 5.41) is 11.8. The Morgan fingerprint density at radius 2 is 2.17 bits per heavy atom. The van der Waals surface area contributed by atoms with Gasteiger partial charge in [0, 0.05) is 12.6 Å². The number of hydrogen-bond acceptors (Lipinski definition) is 4. The van der Waals surface area contributed by atoms with Gasteiger partial charge in [0.05, 0.1) is 6.04 Å². The molecule has 24 heavy (non-hydrogen) atoms. The summed E-state index contributed by atoms with van der Waals surface area (Å²) < 4.78 is 1.98. The lowest BCUT2D eigenvalue weighted by atomic mass is 9.87. The van der Waals surface area contributed by atoms with Crippen LogP contribution < -0.4 is 5.32 Å². The zero-order valence-electron chi connectivity index (χ0n) is 14.3. The van der Waals surface area contributed by atoms with E-state index >= 15 is 0 Å². The standard InChI is InChI=1S/C18H26N4OS/c1-24-12-10-15(18-21-20-16-9-5-6-11-22(16)18)19-17(23)13-14-7-3-2-4-8-14/h5-6,9,11,14-15H,2-4,7-8,10,12-13H2,1H3,(H,19,23)/t15-/m0/s1. The lowest BCUT2D eigenvalue weighted by Gasteiger charge is -2.23. The van der Waals surface area contributed by atoms with E-state index in [1.165, 1.54) is 32.1 Å². The second-order valence-corrected chi connectivity index (χ2v) is 7.58. The fraction of sp³-hybridized carbons (Fsp3) is 0.611. The molecule has 1 saturated carbocycles. The topological polar surface area (TPSA) is 59.3 Å². The molecule has 0 radical (unpaired) electrons. The number of pyridine rings is 1. The number of rotatable bonds is 7. The molecule has 3 rings (SSSR count). The predicted octanol–water partition coefficient (Wildman–Crippen LogP) is 3.61. The van der Waals surface area contributed by atoms with Crippen molar-refractivity contribution in [2.24, 2.45) is 5.92 Å². The second kappa shape index (κ2) is 8.51. The average Bonchev–Trinajstić information content (AvgIpc) is 3.03. The lowest BCUT2D eigenvalue weighted by molar-refractivity contribution is -0.123. The molecule has 6 heteroatoms. The SMILES string of the molecule is CSCC[C@H](NC(=O)CC1CCCCC1)c1nnc2ccccn12. The molecule has 0 saturated heterocycles. The Morgan fingerprint density at radius 1 is 1.33 bits per heavy atom. The molecule has 0 unspecified atom stereocenters. The van der Waals surface area contributed by atoms with Crippen LogP contribution in [0.4, 0.5) is 0 Å². The highest BCUT2D eigenvalue weighted by Crippen LogP contribution is 2.27. The van der Waals surface area contributed by atoms with Crippen molar-refractivity contribution in [3.63, 3.8) is 0 Å². The van der Waals surface area contributed by atoms with Gasteiger partial charge in [-0.05, 0) is 49.3 Å². The molecular formula is C18H26N4OS. The first-order valence-electron chi connectivity index (χ1n) is 8.86. The Labute approximate surface area is 147 Å². The molecular weight excluding hydrogens is 320 g/mol. The van der Waals surface area contributed by atoms with Gasteiger partial charge in [0.1, 0.15) is 0 Å². The van der Waals surface area contributed by atoms with E-state index in [9.17, 15) is 4.79 Å². The van der Waals surface area contributed by atoms with Crippen LogP contribution in [0.1, 0.15) is 56.8 Å². The predicted molar refractivity (Wildman–Crippen MR) is 98.1 cm³/mol. The maximum atomic E-state index is 12.5. The van der Waals surface area contributed by atoms with Gasteiger partial charge in [0.15, 0.2) is 11.5 Å². The zero-order valence-corrected chi connectivity index (χ0v) is 15.1. The van der Waals surface area contributed by atoms with Gasteiger partial charge < -0.3 is 5.32 Å². The van der Waals surface area contributed by atoms with Gasteiger partial charge >= 0.3 is 0 Å². The first kappa shape index (κ1) is 17.3. The maximum absolute atomic E-state index is 12.5. The summed E-state index contributed by atoms with van der Waals surface area (Å²) in [7, 11) is 0. The Bertz CT molecular complexity index is 666. The highest BCUT2D eigenvalue weighted by molar-refractivity contribution is 7.98. The van der Waals surface area contributed by atoms with Crippen molar-refractivity contribution in [2.45, 2.75) is 51.0 Å². The van der Waals surface area contributed by atoms with Crippen molar-refractivity contribution in [1.82, 2.24) is 19.9 Å². The lowest BCUT2D eigenvalue weighted by Crippen LogP contribution is -2.32. The van der Waals surface area contributed by atoms with Crippen LogP contribution in [0.5, 0.6) is 0 Å². The van der Waals surface area contributed by atoms with Crippen molar-refractivity contribution < 1.29 is 4.79 Å². The van der Waals surface area contributed by atoms with Gasteiger partial charge in [0.25, 0.3) is 0 Å². The zero-order chi connectivity index (χ0) is 16.8. The molecule has 130 valence electrons. The minimum absolute atomic E-state index is 0.0778. The minimum atomic E-state index is -0.0778. The third-order valence-corrected chi connectivity index (χ3v) is 5.44. The van der Waals surface area contributed by atoms with Gasteiger partial charge in [-0.3, -0.25) is 9.20 Å². The Kier molecular flexibility index (Phi) is 6.12. The number of aromatic nitrogens is 3. The fourth-order valence-electron chi connectivity index (χ4n) is 3.51. The van der Waals surface area contributed by atoms with E-state index in [-0.39, 0.29) is 11.9 Å². The molecule has 1 amide bonds. The van der Waals surface area contributed by atoms with E-state index in [0.717, 1.165) is 23.6 Å². The summed E-state index contributed by atoms with van der Waals surface area (Å²) in [6.07, 6.45) is 11.8. The van der Waals surface area contributed by atoms with Crippen LogP contribution >= 0.6 is 11.8 Å². The summed E-state index contributed by atoms with van der Waals surface area (Å²) in [6.45, 7) is 0. The van der Waals surface area contributed by atoms with Crippen molar-refractivity contribution in [3.05, 3.63) is 30.2 Å². The quantitative estimate of drug-likeness (QED) is 0.832. The monoisotopic (exact) mass is 346 g/mol. The first-order chi connectivity index (χ1) is 11.8. The first-order valence-corrected chi connectivity index (χ1v) is 10.3. The Balaban J connectivity index is 1.70. The third-order valence-electron chi connectivity index (χ3n) is 4.80. The van der Waals surface area contributed by atoms with Crippen molar-refractivity contribution in [2.75, 3.05) is 12.0 Å². The molecule has 1 fully saturated rings. The summed E-state index contributed by atoms with van der Waals surface area (Å²) in [6, 6.07) is 5.78. The normalized spacial score (nSPS) is 17.0. The number of nitrogens with one attached hydrogen (secondary N) is 1.